The van der Waals surface area contributed by atoms with Crippen molar-refractivity contribution < 1.29 is 4.79 Å². The largest absolute Gasteiger partial charge is 0.322 e. The van der Waals surface area contributed by atoms with E-state index in [4.69, 9.17) is 0 Å². The molecule has 0 atom stereocenters. The van der Waals surface area contributed by atoms with Gasteiger partial charge in [-0.05, 0) is 52.2 Å². The molecule has 0 aliphatic rings. The second kappa shape index (κ2) is 6.48. The van der Waals surface area contributed by atoms with Crippen LogP contribution in [-0.4, -0.2) is 10.9 Å². The van der Waals surface area contributed by atoms with Crippen LogP contribution in [0.5, 0.6) is 0 Å². The summed E-state index contributed by atoms with van der Waals surface area (Å²) in [6.07, 6.45) is 3.73. The zero-order chi connectivity index (χ0) is 13.7. The van der Waals surface area contributed by atoms with Gasteiger partial charge < -0.3 is 5.32 Å². The molecule has 0 fully saturated rings. The molecule has 1 amide bonds. The van der Waals surface area contributed by atoms with Crippen LogP contribution < -0.4 is 5.32 Å². The van der Waals surface area contributed by atoms with E-state index in [1.807, 2.05) is 24.3 Å². The first-order valence-electron chi connectivity index (χ1n) is 6.21. The van der Waals surface area contributed by atoms with Gasteiger partial charge in [-0.1, -0.05) is 25.5 Å². The maximum absolute atomic E-state index is 12.0. The second-order valence-electron chi connectivity index (χ2n) is 4.27. The van der Waals surface area contributed by atoms with E-state index in [0.29, 0.717) is 10.2 Å². The van der Waals surface area contributed by atoms with E-state index in [2.05, 4.69) is 33.2 Å². The predicted octanol–water partition coefficient (Wildman–Crippen LogP) is 4.05. The summed E-state index contributed by atoms with van der Waals surface area (Å²) in [6, 6.07) is 11.4. The molecule has 0 radical (unpaired) electrons. The Balaban J connectivity index is 2.04. The van der Waals surface area contributed by atoms with Gasteiger partial charge in [0.1, 0.15) is 4.60 Å². The molecule has 2 rings (SSSR count). The predicted molar refractivity (Wildman–Crippen MR) is 80.3 cm³/mol. The summed E-state index contributed by atoms with van der Waals surface area (Å²) < 4.78 is 0.716. The zero-order valence-corrected chi connectivity index (χ0v) is 12.3. The van der Waals surface area contributed by atoms with E-state index in [-0.39, 0.29) is 5.91 Å². The highest BCUT2D eigenvalue weighted by Gasteiger charge is 2.06. The minimum atomic E-state index is -0.150. The van der Waals surface area contributed by atoms with Crippen molar-refractivity contribution in [3.63, 3.8) is 0 Å². The molecule has 0 saturated heterocycles. The van der Waals surface area contributed by atoms with Crippen LogP contribution in [0.3, 0.4) is 0 Å². The summed E-state index contributed by atoms with van der Waals surface area (Å²) in [7, 11) is 0. The molecule has 3 nitrogen and oxygen atoms in total. The first-order valence-corrected chi connectivity index (χ1v) is 7.00. The monoisotopic (exact) mass is 318 g/mol. The van der Waals surface area contributed by atoms with Crippen LogP contribution in [0.2, 0.25) is 0 Å². The molecule has 1 N–H and O–H groups in total. The Morgan fingerprint density at radius 1 is 1.21 bits per heavy atom. The molecule has 4 heteroatoms. The summed E-state index contributed by atoms with van der Waals surface area (Å²) in [5, 5.41) is 2.85. The number of nitrogens with one attached hydrogen (secondary N) is 1. The lowest BCUT2D eigenvalue weighted by atomic mass is 10.1. The quantitative estimate of drug-likeness (QED) is 0.864. The Hall–Kier alpha value is -1.68. The molecule has 0 saturated carbocycles. The minimum absolute atomic E-state index is 0.150. The lowest BCUT2D eigenvalue weighted by Crippen LogP contribution is -2.12. The van der Waals surface area contributed by atoms with Gasteiger partial charge in [0.05, 0.1) is 5.56 Å². The molecule has 0 aliphatic heterocycles. The molecular formula is C15H15BrN2O. The van der Waals surface area contributed by atoms with Crippen LogP contribution in [0, 0.1) is 0 Å². The number of halogens is 1. The van der Waals surface area contributed by atoms with Gasteiger partial charge in [-0.3, -0.25) is 4.79 Å². The Kier molecular flexibility index (Phi) is 4.68. The van der Waals surface area contributed by atoms with Crippen LogP contribution in [0.1, 0.15) is 29.3 Å². The van der Waals surface area contributed by atoms with Gasteiger partial charge in [0.15, 0.2) is 0 Å². The number of benzene rings is 1. The standard InChI is InChI=1S/C15H15BrN2O/c1-2-3-11-4-7-13(8-5-11)18-15(19)12-6-9-14(16)17-10-12/h4-10H,2-3H2,1H3,(H,18,19). The van der Waals surface area contributed by atoms with Gasteiger partial charge in [-0.25, -0.2) is 4.98 Å². The van der Waals surface area contributed by atoms with E-state index in [0.717, 1.165) is 18.5 Å². The van der Waals surface area contributed by atoms with E-state index < -0.39 is 0 Å². The lowest BCUT2D eigenvalue weighted by Gasteiger charge is -2.06. The van der Waals surface area contributed by atoms with E-state index in [1.165, 1.54) is 5.56 Å². The van der Waals surface area contributed by atoms with Crippen LogP contribution >= 0.6 is 15.9 Å². The maximum atomic E-state index is 12.0. The van der Waals surface area contributed by atoms with Crippen molar-refractivity contribution in [2.45, 2.75) is 19.8 Å². The van der Waals surface area contributed by atoms with Gasteiger partial charge in [-0.15, -0.1) is 0 Å². The third kappa shape index (κ3) is 3.89. The van der Waals surface area contributed by atoms with E-state index in [9.17, 15) is 4.79 Å². The molecule has 0 bridgehead atoms. The number of nitrogens with zero attached hydrogens (tertiary/aromatic N) is 1. The van der Waals surface area contributed by atoms with Gasteiger partial charge in [-0.2, -0.15) is 0 Å². The van der Waals surface area contributed by atoms with Gasteiger partial charge in [0, 0.05) is 11.9 Å². The number of amides is 1. The molecule has 2 aromatic rings. The summed E-state index contributed by atoms with van der Waals surface area (Å²) in [6.45, 7) is 2.15. The number of pyridine rings is 1. The average Bonchev–Trinajstić information content (AvgIpc) is 2.42. The van der Waals surface area contributed by atoms with Crippen molar-refractivity contribution in [3.05, 3.63) is 58.3 Å². The topological polar surface area (TPSA) is 42.0 Å². The van der Waals surface area contributed by atoms with Crippen molar-refractivity contribution in [1.82, 2.24) is 4.98 Å². The Bertz CT molecular complexity index is 549. The van der Waals surface area contributed by atoms with Crippen molar-refractivity contribution in [2.75, 3.05) is 5.32 Å². The normalized spacial score (nSPS) is 10.2. The number of aromatic nitrogens is 1. The van der Waals surface area contributed by atoms with Crippen molar-refractivity contribution >= 4 is 27.5 Å². The number of hydrogen-bond donors (Lipinski definition) is 1. The summed E-state index contributed by atoms with van der Waals surface area (Å²) >= 11 is 3.24. The Labute approximate surface area is 121 Å². The van der Waals surface area contributed by atoms with Crippen molar-refractivity contribution in [3.8, 4) is 0 Å². The highest BCUT2D eigenvalue weighted by molar-refractivity contribution is 9.10. The molecule has 1 heterocycles. The second-order valence-corrected chi connectivity index (χ2v) is 5.08. The fraction of sp³-hybridized carbons (Fsp3) is 0.200. The number of anilines is 1. The summed E-state index contributed by atoms with van der Waals surface area (Å²) in [5.41, 5.74) is 2.62. The third-order valence-electron chi connectivity index (χ3n) is 2.74. The molecule has 98 valence electrons. The van der Waals surface area contributed by atoms with Crippen LogP contribution in [0.25, 0.3) is 0 Å². The zero-order valence-electron chi connectivity index (χ0n) is 10.7. The molecule has 0 aliphatic carbocycles. The fourth-order valence-corrected chi connectivity index (χ4v) is 1.99. The Morgan fingerprint density at radius 2 is 1.95 bits per heavy atom. The fourth-order valence-electron chi connectivity index (χ4n) is 1.76. The SMILES string of the molecule is CCCc1ccc(NC(=O)c2ccc(Br)nc2)cc1. The maximum Gasteiger partial charge on any atom is 0.257 e. The number of carbonyl (C=O) groups is 1. The Morgan fingerprint density at radius 3 is 2.53 bits per heavy atom. The number of rotatable bonds is 4. The highest BCUT2D eigenvalue weighted by Crippen LogP contribution is 2.13. The number of aryl methyl sites for hydroxylation is 1. The first-order chi connectivity index (χ1) is 9.19. The van der Waals surface area contributed by atoms with Crippen LogP contribution in [0.15, 0.2) is 47.2 Å². The highest BCUT2D eigenvalue weighted by atomic mass is 79.9. The van der Waals surface area contributed by atoms with Gasteiger partial charge in [0.2, 0.25) is 0 Å². The molecule has 0 unspecified atom stereocenters. The van der Waals surface area contributed by atoms with Crippen molar-refractivity contribution in [2.24, 2.45) is 0 Å². The minimum Gasteiger partial charge on any atom is -0.322 e. The van der Waals surface area contributed by atoms with Gasteiger partial charge in [0.25, 0.3) is 5.91 Å². The molecule has 19 heavy (non-hydrogen) atoms. The number of carbonyl (C=O) groups excluding carboxylic acids is 1. The molecule has 0 spiro atoms. The van der Waals surface area contributed by atoms with Crippen molar-refractivity contribution in [1.29, 1.82) is 0 Å². The average molecular weight is 319 g/mol. The number of hydrogen-bond acceptors (Lipinski definition) is 2. The van der Waals surface area contributed by atoms with Crippen LogP contribution in [-0.2, 0) is 6.42 Å². The molecular weight excluding hydrogens is 304 g/mol. The van der Waals surface area contributed by atoms with Gasteiger partial charge >= 0.3 is 0 Å². The van der Waals surface area contributed by atoms with E-state index in [1.54, 1.807) is 18.3 Å². The lowest BCUT2D eigenvalue weighted by molar-refractivity contribution is 0.102. The molecule has 1 aromatic heterocycles. The third-order valence-corrected chi connectivity index (χ3v) is 3.21. The first kappa shape index (κ1) is 13.7. The van der Waals surface area contributed by atoms with Crippen LogP contribution in [0.4, 0.5) is 5.69 Å². The summed E-state index contributed by atoms with van der Waals surface area (Å²) in [4.78, 5) is 16.0. The molecule has 1 aromatic carbocycles. The van der Waals surface area contributed by atoms with E-state index >= 15 is 0 Å². The summed E-state index contributed by atoms with van der Waals surface area (Å²) in [5.74, 6) is -0.150. The smallest absolute Gasteiger partial charge is 0.257 e.